The maximum Gasteiger partial charge on any atom is 0.243 e. The summed E-state index contributed by atoms with van der Waals surface area (Å²) in [5, 5.41) is -0.251. The Morgan fingerprint density at radius 2 is 1.63 bits per heavy atom. The highest BCUT2D eigenvalue weighted by Crippen LogP contribution is 2.37. The van der Waals surface area contributed by atoms with Gasteiger partial charge < -0.3 is 9.80 Å². The monoisotopic (exact) mass is 555 g/mol. The lowest BCUT2D eigenvalue weighted by molar-refractivity contribution is -0.135. The molecule has 2 saturated heterocycles. The van der Waals surface area contributed by atoms with Crippen molar-refractivity contribution in [2.24, 2.45) is 5.92 Å². The minimum absolute atomic E-state index is 0.0331. The van der Waals surface area contributed by atoms with E-state index in [0.29, 0.717) is 13.1 Å². The van der Waals surface area contributed by atoms with E-state index in [1.807, 2.05) is 35.2 Å². The Balaban J connectivity index is 1.37. The van der Waals surface area contributed by atoms with Gasteiger partial charge in [0.05, 0.1) is 15.8 Å². The van der Waals surface area contributed by atoms with Crippen LogP contribution in [0, 0.1) is 25.6 Å². The first-order valence-corrected chi connectivity index (χ1v) is 14.6. The fourth-order valence-corrected chi connectivity index (χ4v) is 7.26. The number of carbonyl (C=O) groups is 1. The van der Waals surface area contributed by atoms with Crippen LogP contribution in [0.2, 0.25) is 5.02 Å². The molecule has 1 amide bonds. The van der Waals surface area contributed by atoms with E-state index in [0.717, 1.165) is 30.8 Å². The number of carbonyl (C=O) groups excluding carboxylic acids is 1. The van der Waals surface area contributed by atoms with Gasteiger partial charge in [-0.05, 0) is 54.8 Å². The topological polar surface area (TPSA) is 60.9 Å². The quantitative estimate of drug-likeness (QED) is 0.452. The van der Waals surface area contributed by atoms with Gasteiger partial charge in [-0.3, -0.25) is 4.79 Å². The molecule has 2 aliphatic heterocycles. The number of hydrogen-bond acceptors (Lipinski definition) is 4. The molecule has 0 aromatic heterocycles. The maximum absolute atomic E-state index is 13.9. The van der Waals surface area contributed by atoms with Gasteiger partial charge in [0.2, 0.25) is 15.9 Å². The molecule has 2 heterocycles. The average molecular weight is 556 g/mol. The maximum atomic E-state index is 13.9. The summed E-state index contributed by atoms with van der Waals surface area (Å²) in [6.45, 7) is 6.98. The molecular weight excluding hydrogens is 525 g/mol. The molecule has 0 bridgehead atoms. The Morgan fingerprint density at radius 1 is 0.921 bits per heavy atom. The Hall–Kier alpha value is -2.94. The van der Waals surface area contributed by atoms with Crippen molar-refractivity contribution in [2.75, 3.05) is 44.2 Å². The summed E-state index contributed by atoms with van der Waals surface area (Å²) >= 11 is 5.88. The highest BCUT2D eigenvalue weighted by atomic mass is 35.5. The summed E-state index contributed by atoms with van der Waals surface area (Å²) in [6, 6.07) is 19.4. The first kappa shape index (κ1) is 26.7. The standard InChI is InChI=1S/C29H31ClFN3O3S/c1-20-8-9-21(2)28(16-20)32-12-14-33(15-13-32)29(35)25-19-34(18-24(25)22-6-4-3-5-7-22)38(36,37)23-10-11-27(31)26(30)17-23/h3-11,16-17,24-25H,12-15,18-19H2,1-2H3/t24-,25+/m0/s1. The summed E-state index contributed by atoms with van der Waals surface area (Å²) in [7, 11) is -3.97. The predicted octanol–water partition coefficient (Wildman–Crippen LogP) is 4.85. The molecule has 2 aliphatic rings. The van der Waals surface area contributed by atoms with E-state index in [4.69, 9.17) is 11.6 Å². The molecule has 5 rings (SSSR count). The molecule has 3 aromatic rings. The number of amides is 1. The number of piperazine rings is 1. The number of sulfonamides is 1. The van der Waals surface area contributed by atoms with E-state index in [1.165, 1.54) is 27.2 Å². The number of anilines is 1. The van der Waals surface area contributed by atoms with Crippen molar-refractivity contribution in [3.8, 4) is 0 Å². The highest BCUT2D eigenvalue weighted by molar-refractivity contribution is 7.89. The van der Waals surface area contributed by atoms with Crippen LogP contribution in [0.25, 0.3) is 0 Å². The minimum atomic E-state index is -3.97. The molecule has 3 aromatic carbocycles. The summed E-state index contributed by atoms with van der Waals surface area (Å²) in [5.41, 5.74) is 4.52. The number of halogens is 2. The SMILES string of the molecule is Cc1ccc(C)c(N2CCN(C(=O)[C@@H]3CN(S(=O)(=O)c4ccc(F)c(Cl)c4)C[C@H]3c3ccccc3)CC2)c1. The highest BCUT2D eigenvalue weighted by Gasteiger charge is 2.45. The molecule has 38 heavy (non-hydrogen) atoms. The normalized spacial score (nSPS) is 20.6. The molecule has 0 N–H and O–H groups in total. The van der Waals surface area contributed by atoms with E-state index >= 15 is 0 Å². The molecule has 0 unspecified atom stereocenters. The molecule has 200 valence electrons. The predicted molar refractivity (Wildman–Crippen MR) is 148 cm³/mol. The third-order valence-electron chi connectivity index (χ3n) is 7.66. The third kappa shape index (κ3) is 5.17. The van der Waals surface area contributed by atoms with Crippen LogP contribution in [-0.4, -0.2) is 62.8 Å². The second-order valence-electron chi connectivity index (χ2n) is 10.1. The van der Waals surface area contributed by atoms with Crippen molar-refractivity contribution in [3.63, 3.8) is 0 Å². The van der Waals surface area contributed by atoms with Crippen molar-refractivity contribution in [3.05, 3.63) is 94.3 Å². The van der Waals surface area contributed by atoms with Crippen LogP contribution >= 0.6 is 11.6 Å². The molecular formula is C29H31ClFN3O3S. The number of nitrogens with zero attached hydrogens (tertiary/aromatic N) is 3. The lowest BCUT2D eigenvalue weighted by Crippen LogP contribution is -2.51. The molecule has 2 atom stereocenters. The Morgan fingerprint density at radius 3 is 2.32 bits per heavy atom. The summed E-state index contributed by atoms with van der Waals surface area (Å²) in [4.78, 5) is 18.0. The van der Waals surface area contributed by atoms with Crippen molar-refractivity contribution in [2.45, 2.75) is 24.7 Å². The Labute approximate surface area is 228 Å². The van der Waals surface area contributed by atoms with Gasteiger partial charge in [-0.15, -0.1) is 0 Å². The van der Waals surface area contributed by atoms with E-state index in [-0.39, 0.29) is 34.8 Å². The molecule has 0 radical (unpaired) electrons. The second kappa shape index (κ2) is 10.7. The van der Waals surface area contributed by atoms with Crippen LogP contribution in [0.4, 0.5) is 10.1 Å². The van der Waals surface area contributed by atoms with Crippen LogP contribution in [0.3, 0.4) is 0 Å². The fraction of sp³-hybridized carbons (Fsp3) is 0.345. The molecule has 9 heteroatoms. The van der Waals surface area contributed by atoms with E-state index in [2.05, 4.69) is 36.9 Å². The molecule has 0 aliphatic carbocycles. The summed E-state index contributed by atoms with van der Waals surface area (Å²) < 4.78 is 42.0. The zero-order valence-corrected chi connectivity index (χ0v) is 23.1. The van der Waals surface area contributed by atoms with Crippen molar-refractivity contribution >= 4 is 33.2 Å². The smallest absolute Gasteiger partial charge is 0.243 e. The van der Waals surface area contributed by atoms with Crippen LogP contribution < -0.4 is 4.90 Å². The van der Waals surface area contributed by atoms with E-state index < -0.39 is 21.8 Å². The number of hydrogen-bond donors (Lipinski definition) is 0. The fourth-order valence-electron chi connectivity index (χ4n) is 5.50. The summed E-state index contributed by atoms with van der Waals surface area (Å²) in [6.07, 6.45) is 0. The summed E-state index contributed by atoms with van der Waals surface area (Å²) in [5.74, 6) is -1.52. The van der Waals surface area contributed by atoms with E-state index in [1.54, 1.807) is 0 Å². The van der Waals surface area contributed by atoms with E-state index in [9.17, 15) is 17.6 Å². The number of rotatable bonds is 5. The molecule has 2 fully saturated rings. The lowest BCUT2D eigenvalue weighted by atomic mass is 9.88. The van der Waals surface area contributed by atoms with Gasteiger partial charge in [-0.2, -0.15) is 4.31 Å². The lowest BCUT2D eigenvalue weighted by Gasteiger charge is -2.38. The van der Waals surface area contributed by atoms with Gasteiger partial charge >= 0.3 is 0 Å². The Bertz CT molecular complexity index is 1440. The van der Waals surface area contributed by atoms with Gasteiger partial charge in [0.15, 0.2) is 0 Å². The zero-order chi connectivity index (χ0) is 27.0. The average Bonchev–Trinajstić information content (AvgIpc) is 3.38. The van der Waals surface area contributed by atoms with Gasteiger partial charge in [0, 0.05) is 50.9 Å². The van der Waals surface area contributed by atoms with Crippen LogP contribution in [-0.2, 0) is 14.8 Å². The minimum Gasteiger partial charge on any atom is -0.368 e. The number of benzene rings is 3. The molecule has 0 spiro atoms. The molecule has 6 nitrogen and oxygen atoms in total. The van der Waals surface area contributed by atoms with Crippen molar-refractivity contribution in [1.82, 2.24) is 9.21 Å². The van der Waals surface area contributed by atoms with Gasteiger partial charge in [0.25, 0.3) is 0 Å². The first-order valence-electron chi connectivity index (χ1n) is 12.8. The van der Waals surface area contributed by atoms with Gasteiger partial charge in [0.1, 0.15) is 5.82 Å². The van der Waals surface area contributed by atoms with Crippen LogP contribution in [0.5, 0.6) is 0 Å². The largest absolute Gasteiger partial charge is 0.368 e. The van der Waals surface area contributed by atoms with Crippen LogP contribution in [0.1, 0.15) is 22.6 Å². The first-order chi connectivity index (χ1) is 18.1. The zero-order valence-electron chi connectivity index (χ0n) is 21.5. The number of aryl methyl sites for hydroxylation is 2. The Kier molecular flexibility index (Phi) is 7.49. The second-order valence-corrected chi connectivity index (χ2v) is 12.5. The third-order valence-corrected chi connectivity index (χ3v) is 9.77. The van der Waals surface area contributed by atoms with Crippen LogP contribution in [0.15, 0.2) is 71.6 Å². The van der Waals surface area contributed by atoms with Gasteiger partial charge in [-0.1, -0.05) is 54.1 Å². The molecule has 0 saturated carbocycles. The van der Waals surface area contributed by atoms with Crippen molar-refractivity contribution in [1.29, 1.82) is 0 Å². The van der Waals surface area contributed by atoms with Gasteiger partial charge in [-0.25, -0.2) is 12.8 Å². The van der Waals surface area contributed by atoms with Crippen molar-refractivity contribution < 1.29 is 17.6 Å².